The molecule has 8 nitrogen and oxygen atoms in total. The highest BCUT2D eigenvalue weighted by atomic mass is 32.2. The van der Waals surface area contributed by atoms with Crippen molar-refractivity contribution in [2.24, 2.45) is 0 Å². The van der Waals surface area contributed by atoms with Crippen molar-refractivity contribution in [2.45, 2.75) is 24.8 Å². The van der Waals surface area contributed by atoms with Gasteiger partial charge in [0, 0.05) is 17.1 Å². The Labute approximate surface area is 201 Å². The summed E-state index contributed by atoms with van der Waals surface area (Å²) in [6, 6.07) is 21.2. The lowest BCUT2D eigenvalue weighted by Gasteiger charge is -2.14. The zero-order valence-corrected chi connectivity index (χ0v) is 19.9. The van der Waals surface area contributed by atoms with Crippen LogP contribution >= 0.6 is 11.5 Å². The highest BCUT2D eigenvalue weighted by Crippen LogP contribution is 2.36. The molecule has 0 aliphatic rings. The fraction of sp³-hybridized carbons (Fsp3) is 0.125. The van der Waals surface area contributed by atoms with Gasteiger partial charge in [0.15, 0.2) is 0 Å². The summed E-state index contributed by atoms with van der Waals surface area (Å²) in [4.78, 5) is 3.74. The van der Waals surface area contributed by atoms with Crippen LogP contribution in [0.1, 0.15) is 19.4 Å². The van der Waals surface area contributed by atoms with Gasteiger partial charge in [-0.25, -0.2) is 13.4 Å². The summed E-state index contributed by atoms with van der Waals surface area (Å²) >= 11 is 0.913. The van der Waals surface area contributed by atoms with Gasteiger partial charge in [-0.05, 0) is 55.8 Å². The van der Waals surface area contributed by atoms with Gasteiger partial charge in [0.2, 0.25) is 5.13 Å². The molecule has 1 N–H and O–H groups in total. The van der Waals surface area contributed by atoms with Crippen molar-refractivity contribution in [1.29, 1.82) is 5.26 Å². The summed E-state index contributed by atoms with van der Waals surface area (Å²) in [6.45, 7) is 3.93. The molecule has 172 valence electrons. The van der Waals surface area contributed by atoms with Crippen LogP contribution in [-0.4, -0.2) is 23.9 Å². The molecule has 0 aliphatic carbocycles. The lowest BCUT2D eigenvalue weighted by molar-refractivity contribution is 0.242. The van der Waals surface area contributed by atoms with Crippen molar-refractivity contribution in [3.05, 3.63) is 78.6 Å². The van der Waals surface area contributed by atoms with Crippen molar-refractivity contribution < 1.29 is 17.9 Å². The van der Waals surface area contributed by atoms with Gasteiger partial charge in [0.05, 0.1) is 16.6 Å². The second kappa shape index (κ2) is 9.91. The lowest BCUT2D eigenvalue weighted by atomic mass is 10.0. The normalized spacial score (nSPS) is 11.1. The highest BCUT2D eigenvalue weighted by Gasteiger charge is 2.19. The maximum Gasteiger partial charge on any atom is 0.263 e. The minimum Gasteiger partial charge on any atom is -0.491 e. The molecule has 0 radical (unpaired) electrons. The number of benzene rings is 3. The van der Waals surface area contributed by atoms with Crippen LogP contribution < -0.4 is 14.2 Å². The maximum atomic E-state index is 12.6. The van der Waals surface area contributed by atoms with Crippen LogP contribution in [0.2, 0.25) is 0 Å². The van der Waals surface area contributed by atoms with Gasteiger partial charge >= 0.3 is 0 Å². The molecule has 0 unspecified atom stereocenters. The summed E-state index contributed by atoms with van der Waals surface area (Å²) in [7, 11) is -3.93. The van der Waals surface area contributed by atoms with Gasteiger partial charge in [-0.2, -0.15) is 9.64 Å². The van der Waals surface area contributed by atoms with E-state index in [0.29, 0.717) is 5.75 Å². The monoisotopic (exact) mass is 492 g/mol. The predicted octanol–water partition coefficient (Wildman–Crippen LogP) is 5.46. The maximum absolute atomic E-state index is 12.6. The highest BCUT2D eigenvalue weighted by molar-refractivity contribution is 7.93. The van der Waals surface area contributed by atoms with E-state index in [-0.39, 0.29) is 27.4 Å². The van der Waals surface area contributed by atoms with Gasteiger partial charge in [-0.1, -0.05) is 30.3 Å². The van der Waals surface area contributed by atoms with Crippen molar-refractivity contribution in [1.82, 2.24) is 9.36 Å². The zero-order valence-electron chi connectivity index (χ0n) is 18.3. The minimum atomic E-state index is -3.93. The molecular formula is C24H20N4O4S2. The number of sulfonamides is 1. The van der Waals surface area contributed by atoms with E-state index in [1.165, 1.54) is 24.5 Å². The minimum absolute atomic E-state index is 0.0751. The average Bonchev–Trinajstić information content (AvgIpc) is 3.32. The first-order valence-corrected chi connectivity index (χ1v) is 12.5. The van der Waals surface area contributed by atoms with Crippen LogP contribution in [0.25, 0.3) is 11.1 Å². The van der Waals surface area contributed by atoms with Crippen LogP contribution in [0.5, 0.6) is 17.2 Å². The average molecular weight is 493 g/mol. The van der Waals surface area contributed by atoms with E-state index < -0.39 is 10.0 Å². The fourth-order valence-electron chi connectivity index (χ4n) is 3.14. The fourth-order valence-corrected chi connectivity index (χ4v) is 4.83. The van der Waals surface area contributed by atoms with E-state index in [1.807, 2.05) is 62.4 Å². The smallest absolute Gasteiger partial charge is 0.263 e. The Morgan fingerprint density at radius 2 is 1.79 bits per heavy atom. The lowest BCUT2D eigenvalue weighted by Crippen LogP contribution is -2.13. The largest absolute Gasteiger partial charge is 0.491 e. The molecule has 0 atom stereocenters. The quantitative estimate of drug-likeness (QED) is 0.347. The first-order chi connectivity index (χ1) is 16.4. The Kier molecular flexibility index (Phi) is 6.77. The van der Waals surface area contributed by atoms with Crippen molar-refractivity contribution in [2.75, 3.05) is 4.72 Å². The number of hydrogen-bond donors (Lipinski definition) is 1. The van der Waals surface area contributed by atoms with Crippen molar-refractivity contribution in [3.8, 4) is 34.4 Å². The molecule has 4 aromatic rings. The van der Waals surface area contributed by atoms with Gasteiger partial charge < -0.3 is 9.47 Å². The third-order valence-electron chi connectivity index (χ3n) is 4.61. The molecule has 0 saturated heterocycles. The predicted molar refractivity (Wildman–Crippen MR) is 130 cm³/mol. The van der Waals surface area contributed by atoms with Crippen LogP contribution in [0, 0.1) is 11.3 Å². The van der Waals surface area contributed by atoms with Crippen LogP contribution in [0.4, 0.5) is 5.13 Å². The number of para-hydroxylation sites is 1. The summed E-state index contributed by atoms with van der Waals surface area (Å²) in [5, 5.41) is 9.79. The molecule has 4 rings (SSSR count). The standard InChI is InChI=1S/C24H20N4O4S2/c1-16(2)31-19-9-7-17(8-10-19)21-5-3-4-6-23(21)32-22-12-11-20(13-18(22)14-25)34(29,30)28-24-26-15-27-33-24/h3-13,15-16H,1-2H3,(H,26,27,28). The van der Waals surface area contributed by atoms with E-state index in [1.54, 1.807) is 6.07 Å². The Morgan fingerprint density at radius 1 is 1.03 bits per heavy atom. The molecule has 0 bridgehead atoms. The molecule has 0 fully saturated rings. The number of rotatable bonds is 8. The molecule has 34 heavy (non-hydrogen) atoms. The summed E-state index contributed by atoms with van der Waals surface area (Å²) < 4.78 is 43.2. The van der Waals surface area contributed by atoms with Crippen LogP contribution in [0.15, 0.2) is 78.0 Å². The van der Waals surface area contributed by atoms with Crippen LogP contribution in [-0.2, 0) is 10.0 Å². The number of nitrogens with one attached hydrogen (secondary N) is 1. The van der Waals surface area contributed by atoms with Crippen molar-refractivity contribution >= 4 is 26.7 Å². The number of ether oxygens (including phenoxy) is 2. The van der Waals surface area contributed by atoms with E-state index in [2.05, 4.69) is 14.1 Å². The van der Waals surface area contributed by atoms with Gasteiger partial charge in [-0.15, -0.1) is 0 Å². The zero-order chi connectivity index (χ0) is 24.1. The third-order valence-corrected chi connectivity index (χ3v) is 6.65. The van der Waals surface area contributed by atoms with Gasteiger partial charge in [0.25, 0.3) is 10.0 Å². The number of nitriles is 1. The summed E-state index contributed by atoms with van der Waals surface area (Å²) in [5.41, 5.74) is 1.80. The molecule has 1 heterocycles. The third kappa shape index (κ3) is 5.33. The molecule has 1 aromatic heterocycles. The first-order valence-electron chi connectivity index (χ1n) is 10.2. The Bertz CT molecular complexity index is 1430. The topological polar surface area (TPSA) is 114 Å². The second-order valence-corrected chi connectivity index (χ2v) is 9.87. The Balaban J connectivity index is 1.62. The number of anilines is 1. The van der Waals surface area contributed by atoms with Gasteiger partial charge in [0.1, 0.15) is 29.6 Å². The van der Waals surface area contributed by atoms with E-state index in [4.69, 9.17) is 9.47 Å². The van der Waals surface area contributed by atoms with Crippen LogP contribution in [0.3, 0.4) is 0 Å². The van der Waals surface area contributed by atoms with Crippen molar-refractivity contribution in [3.63, 3.8) is 0 Å². The molecule has 0 aliphatic heterocycles. The van der Waals surface area contributed by atoms with E-state index in [9.17, 15) is 13.7 Å². The molecular weight excluding hydrogens is 472 g/mol. The Hall–Kier alpha value is -3.94. The number of aromatic nitrogens is 2. The Morgan fingerprint density at radius 3 is 2.47 bits per heavy atom. The molecule has 3 aromatic carbocycles. The molecule has 10 heteroatoms. The summed E-state index contributed by atoms with van der Waals surface area (Å²) in [5.74, 6) is 1.53. The molecule has 0 spiro atoms. The SMILES string of the molecule is CC(C)Oc1ccc(-c2ccccc2Oc2ccc(S(=O)(=O)Nc3ncns3)cc2C#N)cc1. The van der Waals surface area contributed by atoms with E-state index >= 15 is 0 Å². The second-order valence-electron chi connectivity index (χ2n) is 7.41. The number of nitrogens with zero attached hydrogens (tertiary/aromatic N) is 3. The number of hydrogen-bond acceptors (Lipinski definition) is 8. The van der Waals surface area contributed by atoms with Gasteiger partial charge in [-0.3, -0.25) is 4.72 Å². The summed E-state index contributed by atoms with van der Waals surface area (Å²) in [6.07, 6.45) is 1.33. The van der Waals surface area contributed by atoms with E-state index in [0.717, 1.165) is 28.4 Å². The molecule has 0 saturated carbocycles. The first kappa shape index (κ1) is 23.2. The molecule has 0 amide bonds.